The van der Waals surface area contributed by atoms with E-state index in [0.717, 1.165) is 11.3 Å². The lowest BCUT2D eigenvalue weighted by molar-refractivity contribution is -0.137. The molecule has 2 aliphatic rings. The topological polar surface area (TPSA) is 95.7 Å². The maximum atomic E-state index is 12.5. The molecule has 3 rings (SSSR count). The van der Waals surface area contributed by atoms with E-state index in [4.69, 9.17) is 5.73 Å². The number of carbonyl (C=O) groups excluding carboxylic acids is 2. The number of amides is 2. The van der Waals surface area contributed by atoms with Crippen LogP contribution in [0.5, 0.6) is 0 Å². The molecule has 20 heavy (non-hydrogen) atoms. The number of para-hydroxylation sites is 1. The number of nitrogens with one attached hydrogen (secondary N) is 1. The number of hydrogen-bond donors (Lipinski definition) is 3. The zero-order valence-corrected chi connectivity index (χ0v) is 11.0. The first-order valence-corrected chi connectivity index (χ1v) is 6.68. The second-order valence-corrected chi connectivity index (χ2v) is 5.36. The minimum absolute atomic E-state index is 0.168. The van der Waals surface area contributed by atoms with Gasteiger partial charge in [-0.2, -0.15) is 0 Å². The van der Waals surface area contributed by atoms with Gasteiger partial charge in [-0.1, -0.05) is 18.2 Å². The van der Waals surface area contributed by atoms with Gasteiger partial charge in [0.2, 0.25) is 11.8 Å². The Morgan fingerprint density at radius 3 is 2.80 bits per heavy atom. The summed E-state index contributed by atoms with van der Waals surface area (Å²) in [5.74, 6) is -0.744. The summed E-state index contributed by atoms with van der Waals surface area (Å²) < 4.78 is 0. The summed E-state index contributed by atoms with van der Waals surface area (Å²) in [5.41, 5.74) is 7.34. The molecular formula is C14H17N3O3. The van der Waals surface area contributed by atoms with Crippen molar-refractivity contribution < 1.29 is 14.7 Å². The summed E-state index contributed by atoms with van der Waals surface area (Å²) in [6.07, 6.45) is 0.133. The van der Waals surface area contributed by atoms with Gasteiger partial charge in [-0.3, -0.25) is 9.59 Å². The molecule has 1 saturated heterocycles. The summed E-state index contributed by atoms with van der Waals surface area (Å²) in [5, 5.41) is 12.8. The molecule has 1 aromatic rings. The van der Waals surface area contributed by atoms with Gasteiger partial charge in [-0.15, -0.1) is 0 Å². The number of anilines is 1. The van der Waals surface area contributed by atoms with Crippen LogP contribution in [-0.2, 0) is 16.0 Å². The number of aliphatic hydroxyl groups is 1. The molecule has 0 aromatic heterocycles. The zero-order valence-electron chi connectivity index (χ0n) is 11.0. The highest BCUT2D eigenvalue weighted by molar-refractivity contribution is 5.92. The Kier molecular flexibility index (Phi) is 3.10. The third-order valence-corrected chi connectivity index (χ3v) is 3.96. The van der Waals surface area contributed by atoms with Crippen LogP contribution in [-0.4, -0.2) is 46.6 Å². The van der Waals surface area contributed by atoms with Gasteiger partial charge < -0.3 is 21.1 Å². The number of primary amides is 1. The molecule has 2 aliphatic heterocycles. The first-order chi connectivity index (χ1) is 9.56. The molecule has 2 heterocycles. The highest BCUT2D eigenvalue weighted by Crippen LogP contribution is 2.28. The minimum Gasteiger partial charge on any atom is -0.391 e. The van der Waals surface area contributed by atoms with Crippen LogP contribution >= 0.6 is 0 Å². The molecular weight excluding hydrogens is 258 g/mol. The van der Waals surface area contributed by atoms with E-state index in [-0.39, 0.29) is 24.9 Å². The number of rotatable bonds is 2. The van der Waals surface area contributed by atoms with Gasteiger partial charge in [0.1, 0.15) is 12.1 Å². The van der Waals surface area contributed by atoms with E-state index in [9.17, 15) is 14.7 Å². The fourth-order valence-electron chi connectivity index (χ4n) is 2.97. The number of nitrogens with two attached hydrogens (primary N) is 1. The highest BCUT2D eigenvalue weighted by atomic mass is 16.3. The van der Waals surface area contributed by atoms with Gasteiger partial charge in [-0.25, -0.2) is 0 Å². The molecule has 0 spiro atoms. The molecule has 0 radical (unpaired) electrons. The highest BCUT2D eigenvalue weighted by Gasteiger charge is 2.41. The van der Waals surface area contributed by atoms with Crippen molar-refractivity contribution >= 4 is 17.5 Å². The van der Waals surface area contributed by atoms with Crippen LogP contribution in [0.15, 0.2) is 24.3 Å². The molecule has 0 aliphatic carbocycles. The van der Waals surface area contributed by atoms with Crippen molar-refractivity contribution in [3.63, 3.8) is 0 Å². The van der Waals surface area contributed by atoms with Gasteiger partial charge in [0.25, 0.3) is 0 Å². The monoisotopic (exact) mass is 275 g/mol. The van der Waals surface area contributed by atoms with Gasteiger partial charge in [0.05, 0.1) is 6.10 Å². The van der Waals surface area contributed by atoms with Crippen molar-refractivity contribution in [2.45, 2.75) is 31.0 Å². The fourth-order valence-corrected chi connectivity index (χ4v) is 2.97. The Morgan fingerprint density at radius 1 is 1.35 bits per heavy atom. The Bertz CT molecular complexity index is 535. The average molecular weight is 275 g/mol. The van der Waals surface area contributed by atoms with Crippen molar-refractivity contribution in [3.05, 3.63) is 29.8 Å². The van der Waals surface area contributed by atoms with E-state index in [2.05, 4.69) is 5.32 Å². The van der Waals surface area contributed by atoms with Gasteiger partial charge in [0, 0.05) is 25.1 Å². The van der Waals surface area contributed by atoms with Crippen molar-refractivity contribution in [3.8, 4) is 0 Å². The SMILES string of the molecule is NC(=O)C1CC(O)CN1C(=O)[C@@H]1Cc2ccccc2N1. The largest absolute Gasteiger partial charge is 0.391 e. The second kappa shape index (κ2) is 4.79. The quantitative estimate of drug-likeness (QED) is 0.676. The van der Waals surface area contributed by atoms with Crippen LogP contribution in [0.3, 0.4) is 0 Å². The van der Waals surface area contributed by atoms with Crippen LogP contribution in [0.1, 0.15) is 12.0 Å². The molecule has 2 amide bonds. The number of carbonyl (C=O) groups is 2. The van der Waals surface area contributed by atoms with Crippen LogP contribution < -0.4 is 11.1 Å². The van der Waals surface area contributed by atoms with E-state index in [1.165, 1.54) is 4.90 Å². The number of hydrogen-bond acceptors (Lipinski definition) is 4. The van der Waals surface area contributed by atoms with E-state index < -0.39 is 18.1 Å². The van der Waals surface area contributed by atoms with Crippen molar-refractivity contribution in [2.75, 3.05) is 11.9 Å². The first kappa shape index (κ1) is 12.9. The molecule has 6 nitrogen and oxygen atoms in total. The van der Waals surface area contributed by atoms with Crippen molar-refractivity contribution in [1.29, 1.82) is 0 Å². The molecule has 2 unspecified atom stereocenters. The molecule has 106 valence electrons. The van der Waals surface area contributed by atoms with E-state index in [0.29, 0.717) is 6.42 Å². The Balaban J connectivity index is 1.76. The maximum absolute atomic E-state index is 12.5. The van der Waals surface area contributed by atoms with Crippen LogP contribution in [0.4, 0.5) is 5.69 Å². The Morgan fingerprint density at radius 2 is 2.10 bits per heavy atom. The molecule has 6 heteroatoms. The third kappa shape index (κ3) is 2.12. The van der Waals surface area contributed by atoms with Crippen LogP contribution in [0.25, 0.3) is 0 Å². The summed E-state index contributed by atoms with van der Waals surface area (Å²) >= 11 is 0. The molecule has 3 atom stereocenters. The van der Waals surface area contributed by atoms with Crippen LogP contribution in [0, 0.1) is 0 Å². The smallest absolute Gasteiger partial charge is 0.246 e. The number of aliphatic hydroxyl groups excluding tert-OH is 1. The first-order valence-electron chi connectivity index (χ1n) is 6.68. The van der Waals surface area contributed by atoms with E-state index in [1.807, 2.05) is 24.3 Å². The Hall–Kier alpha value is -2.08. The molecule has 0 bridgehead atoms. The lowest BCUT2D eigenvalue weighted by atomic mass is 10.1. The summed E-state index contributed by atoms with van der Waals surface area (Å²) in [6.45, 7) is 0.168. The predicted molar refractivity (Wildman–Crippen MR) is 72.9 cm³/mol. The van der Waals surface area contributed by atoms with Gasteiger partial charge >= 0.3 is 0 Å². The molecule has 1 fully saturated rings. The number of likely N-dealkylation sites (tertiary alicyclic amines) is 1. The van der Waals surface area contributed by atoms with Gasteiger partial charge in [-0.05, 0) is 11.6 Å². The average Bonchev–Trinajstić information content (AvgIpc) is 3.01. The summed E-state index contributed by atoms with van der Waals surface area (Å²) in [7, 11) is 0. The van der Waals surface area contributed by atoms with Gasteiger partial charge in [0.15, 0.2) is 0 Å². The lowest BCUT2D eigenvalue weighted by Crippen LogP contribution is -2.49. The Labute approximate surface area is 116 Å². The normalized spacial score (nSPS) is 28.1. The van der Waals surface area contributed by atoms with Crippen molar-refractivity contribution in [1.82, 2.24) is 4.90 Å². The van der Waals surface area contributed by atoms with E-state index >= 15 is 0 Å². The van der Waals surface area contributed by atoms with Crippen LogP contribution in [0.2, 0.25) is 0 Å². The number of benzene rings is 1. The second-order valence-electron chi connectivity index (χ2n) is 5.36. The molecule has 1 aromatic carbocycles. The zero-order chi connectivity index (χ0) is 14.3. The number of fused-ring (bicyclic) bond motifs is 1. The van der Waals surface area contributed by atoms with E-state index in [1.54, 1.807) is 0 Å². The third-order valence-electron chi connectivity index (χ3n) is 3.96. The predicted octanol–water partition coefficient (Wildman–Crippen LogP) is -0.530. The maximum Gasteiger partial charge on any atom is 0.246 e. The minimum atomic E-state index is -0.706. The number of nitrogens with zero attached hydrogens (tertiary/aromatic N) is 1. The fraction of sp³-hybridized carbons (Fsp3) is 0.429. The number of β-amino-alcohol motifs (C(OH)–C–C–N with tert-alkyl or cyclic N) is 1. The van der Waals surface area contributed by atoms with Crippen molar-refractivity contribution in [2.24, 2.45) is 5.73 Å². The molecule has 0 saturated carbocycles. The summed E-state index contributed by atoms with van der Waals surface area (Å²) in [4.78, 5) is 25.3. The summed E-state index contributed by atoms with van der Waals surface area (Å²) in [6, 6.07) is 6.64. The standard InChI is InChI=1S/C14H17N3O3/c15-13(19)12-6-9(18)7-17(12)14(20)11-5-8-3-1-2-4-10(8)16-11/h1-4,9,11-12,16,18H,5-7H2,(H2,15,19)/t9?,11-,12?/m0/s1. The lowest BCUT2D eigenvalue weighted by Gasteiger charge is -2.25. The molecule has 4 N–H and O–H groups in total.